The average molecular weight is 448 g/mol. The summed E-state index contributed by atoms with van der Waals surface area (Å²) in [7, 11) is -3.65. The molecule has 2 saturated heterocycles. The molecule has 0 spiro atoms. The molecule has 0 unspecified atom stereocenters. The average Bonchev–Trinajstić information content (AvgIpc) is 3.35. The monoisotopic (exact) mass is 447 g/mol. The number of allylic oxidation sites excluding steroid dienone is 1. The first-order valence-electron chi connectivity index (χ1n) is 11.5. The summed E-state index contributed by atoms with van der Waals surface area (Å²) in [6.07, 6.45) is 10.0. The molecule has 1 aromatic carbocycles. The first-order chi connectivity index (χ1) is 15.1. The minimum absolute atomic E-state index is 0.178. The smallest absolute Gasteiger partial charge is 0.253 e. The van der Waals surface area contributed by atoms with Gasteiger partial charge in [-0.1, -0.05) is 11.6 Å². The van der Waals surface area contributed by atoms with E-state index in [2.05, 4.69) is 16.3 Å². The fourth-order valence-electron chi connectivity index (χ4n) is 4.59. The lowest BCUT2D eigenvalue weighted by Crippen LogP contribution is -2.40. The third kappa shape index (κ3) is 5.30. The number of rotatable bonds is 7. The number of ether oxygens (including phenoxy) is 1. The SMILES string of the molecule is O=C(NCCC1=CCCCC1)c1cc(S(=O)(=O)N2CCOCC2)ccc1N1CCCC1. The lowest BCUT2D eigenvalue weighted by Gasteiger charge is -2.27. The second-order valence-electron chi connectivity index (χ2n) is 8.50. The van der Waals surface area contributed by atoms with Crippen LogP contribution in [-0.2, 0) is 14.8 Å². The largest absolute Gasteiger partial charge is 0.379 e. The molecule has 2 aliphatic heterocycles. The molecule has 2 heterocycles. The summed E-state index contributed by atoms with van der Waals surface area (Å²) in [6.45, 7) is 3.83. The van der Waals surface area contributed by atoms with Crippen LogP contribution in [0.25, 0.3) is 0 Å². The summed E-state index contributed by atoms with van der Waals surface area (Å²) in [5.41, 5.74) is 2.69. The number of sulfonamides is 1. The number of anilines is 1. The summed E-state index contributed by atoms with van der Waals surface area (Å²) in [5.74, 6) is -0.197. The van der Waals surface area contributed by atoms with Crippen LogP contribution in [0.2, 0.25) is 0 Å². The van der Waals surface area contributed by atoms with Gasteiger partial charge in [0.15, 0.2) is 0 Å². The number of nitrogens with one attached hydrogen (secondary N) is 1. The molecule has 8 heteroatoms. The zero-order valence-corrected chi connectivity index (χ0v) is 19.0. The Morgan fingerprint density at radius 2 is 1.81 bits per heavy atom. The van der Waals surface area contributed by atoms with Crippen molar-refractivity contribution in [3.63, 3.8) is 0 Å². The van der Waals surface area contributed by atoms with Crippen LogP contribution >= 0.6 is 0 Å². The molecule has 170 valence electrons. The third-order valence-electron chi connectivity index (χ3n) is 6.38. The molecule has 1 N–H and O–H groups in total. The number of hydrogen-bond acceptors (Lipinski definition) is 5. The number of amides is 1. The van der Waals surface area contributed by atoms with Gasteiger partial charge in [0.05, 0.1) is 23.7 Å². The Morgan fingerprint density at radius 3 is 2.52 bits per heavy atom. The van der Waals surface area contributed by atoms with Gasteiger partial charge in [-0.3, -0.25) is 4.79 Å². The van der Waals surface area contributed by atoms with Crippen LogP contribution in [0.15, 0.2) is 34.7 Å². The van der Waals surface area contributed by atoms with Gasteiger partial charge in [-0.25, -0.2) is 8.42 Å². The van der Waals surface area contributed by atoms with E-state index < -0.39 is 10.0 Å². The second kappa shape index (κ2) is 10.1. The summed E-state index contributed by atoms with van der Waals surface area (Å²) >= 11 is 0. The second-order valence-corrected chi connectivity index (χ2v) is 10.4. The van der Waals surface area contributed by atoms with E-state index in [-0.39, 0.29) is 10.8 Å². The van der Waals surface area contributed by atoms with Gasteiger partial charge in [0.1, 0.15) is 0 Å². The Bertz CT molecular complexity index is 917. The Hall–Kier alpha value is -1.90. The number of benzene rings is 1. The standard InChI is InChI=1S/C23H33N3O4S/c27-23(24-11-10-19-6-2-1-3-7-19)21-18-20(8-9-22(21)25-12-4-5-13-25)31(28,29)26-14-16-30-17-15-26/h6,8-9,18H,1-5,7,10-17H2,(H,24,27). The molecule has 1 aromatic rings. The molecule has 31 heavy (non-hydrogen) atoms. The van der Waals surface area contributed by atoms with E-state index >= 15 is 0 Å². The van der Waals surface area contributed by atoms with Crippen molar-refractivity contribution in [2.45, 2.75) is 49.8 Å². The first-order valence-corrected chi connectivity index (χ1v) is 12.9. The van der Waals surface area contributed by atoms with E-state index in [0.717, 1.165) is 50.9 Å². The highest BCUT2D eigenvalue weighted by atomic mass is 32.2. The molecular formula is C23H33N3O4S. The van der Waals surface area contributed by atoms with Gasteiger partial charge >= 0.3 is 0 Å². The quantitative estimate of drug-likeness (QED) is 0.650. The molecule has 2 fully saturated rings. The van der Waals surface area contributed by atoms with Crippen LogP contribution in [0.4, 0.5) is 5.69 Å². The summed E-state index contributed by atoms with van der Waals surface area (Å²) < 4.78 is 33.0. The number of carbonyl (C=O) groups is 1. The molecule has 4 rings (SSSR count). The molecule has 0 bridgehead atoms. The summed E-state index contributed by atoms with van der Waals surface area (Å²) in [4.78, 5) is 15.5. The van der Waals surface area contributed by atoms with Gasteiger partial charge in [-0.15, -0.1) is 0 Å². The van der Waals surface area contributed by atoms with Crippen molar-refractivity contribution in [3.8, 4) is 0 Å². The van der Waals surface area contributed by atoms with Crippen LogP contribution < -0.4 is 10.2 Å². The van der Waals surface area contributed by atoms with E-state index in [1.165, 1.54) is 22.7 Å². The zero-order valence-electron chi connectivity index (χ0n) is 18.1. The summed E-state index contributed by atoms with van der Waals surface area (Å²) in [5, 5.41) is 3.03. The molecule has 3 aliphatic rings. The maximum atomic E-state index is 13.1. The lowest BCUT2D eigenvalue weighted by molar-refractivity contribution is 0.0730. The number of hydrogen-bond donors (Lipinski definition) is 1. The molecule has 0 aromatic heterocycles. The highest BCUT2D eigenvalue weighted by Crippen LogP contribution is 2.29. The van der Waals surface area contributed by atoms with Gasteiger partial charge in [-0.05, 0) is 63.1 Å². The highest BCUT2D eigenvalue weighted by molar-refractivity contribution is 7.89. The molecule has 0 radical (unpaired) electrons. The number of nitrogens with zero attached hydrogens (tertiary/aromatic N) is 2. The van der Waals surface area contributed by atoms with Crippen LogP contribution in [0.3, 0.4) is 0 Å². The predicted octanol–water partition coefficient (Wildman–Crippen LogP) is 2.93. The van der Waals surface area contributed by atoms with Gasteiger partial charge < -0.3 is 15.0 Å². The molecule has 7 nitrogen and oxygen atoms in total. The van der Waals surface area contributed by atoms with E-state index in [0.29, 0.717) is 38.4 Å². The van der Waals surface area contributed by atoms with Gasteiger partial charge in [0.25, 0.3) is 5.91 Å². The Balaban J connectivity index is 1.54. The van der Waals surface area contributed by atoms with E-state index in [1.54, 1.807) is 18.2 Å². The fraction of sp³-hybridized carbons (Fsp3) is 0.609. The predicted molar refractivity (Wildman–Crippen MR) is 121 cm³/mol. The van der Waals surface area contributed by atoms with E-state index in [4.69, 9.17) is 4.74 Å². The minimum Gasteiger partial charge on any atom is -0.379 e. The van der Waals surface area contributed by atoms with Crippen LogP contribution in [0, 0.1) is 0 Å². The Kier molecular flexibility index (Phi) is 7.30. The van der Waals surface area contributed by atoms with Gasteiger partial charge in [0.2, 0.25) is 10.0 Å². The number of morpholine rings is 1. The van der Waals surface area contributed by atoms with E-state index in [1.807, 2.05) is 0 Å². The van der Waals surface area contributed by atoms with Crippen molar-refractivity contribution in [2.24, 2.45) is 0 Å². The van der Waals surface area contributed by atoms with Crippen molar-refractivity contribution in [1.82, 2.24) is 9.62 Å². The van der Waals surface area contributed by atoms with Crippen LogP contribution in [-0.4, -0.2) is 64.6 Å². The van der Waals surface area contributed by atoms with Crippen molar-refractivity contribution < 1.29 is 17.9 Å². The third-order valence-corrected chi connectivity index (χ3v) is 8.28. The Labute approximate surface area is 185 Å². The number of carbonyl (C=O) groups excluding carboxylic acids is 1. The fourth-order valence-corrected chi connectivity index (χ4v) is 6.03. The van der Waals surface area contributed by atoms with Gasteiger partial charge in [-0.2, -0.15) is 4.31 Å². The van der Waals surface area contributed by atoms with Crippen molar-refractivity contribution in [3.05, 3.63) is 35.4 Å². The minimum atomic E-state index is -3.65. The zero-order chi connectivity index (χ0) is 21.7. The first kappa shape index (κ1) is 22.3. The summed E-state index contributed by atoms with van der Waals surface area (Å²) in [6, 6.07) is 5.01. The normalized spacial score (nSPS) is 20.5. The molecule has 0 atom stereocenters. The Morgan fingerprint density at radius 1 is 1.03 bits per heavy atom. The molecular weight excluding hydrogens is 414 g/mol. The van der Waals surface area contributed by atoms with Crippen molar-refractivity contribution in [1.29, 1.82) is 0 Å². The van der Waals surface area contributed by atoms with Gasteiger partial charge in [0, 0.05) is 38.4 Å². The molecule has 1 amide bonds. The van der Waals surface area contributed by atoms with E-state index in [9.17, 15) is 13.2 Å². The lowest BCUT2D eigenvalue weighted by atomic mass is 9.97. The molecule has 0 saturated carbocycles. The maximum absolute atomic E-state index is 13.1. The van der Waals surface area contributed by atoms with Crippen molar-refractivity contribution >= 4 is 21.6 Å². The maximum Gasteiger partial charge on any atom is 0.253 e. The van der Waals surface area contributed by atoms with Crippen LogP contribution in [0.5, 0.6) is 0 Å². The molecule has 1 aliphatic carbocycles. The topological polar surface area (TPSA) is 79.0 Å². The van der Waals surface area contributed by atoms with Crippen molar-refractivity contribution in [2.75, 3.05) is 50.8 Å². The van der Waals surface area contributed by atoms with Crippen LogP contribution in [0.1, 0.15) is 55.3 Å². The highest BCUT2D eigenvalue weighted by Gasteiger charge is 2.29.